The lowest BCUT2D eigenvalue weighted by molar-refractivity contribution is 0.0947. The maximum absolute atomic E-state index is 12.3. The van der Waals surface area contributed by atoms with Gasteiger partial charge in [-0.15, -0.1) is 0 Å². The van der Waals surface area contributed by atoms with E-state index in [9.17, 15) is 4.79 Å². The number of benzene rings is 1. The number of aryl methyl sites for hydroxylation is 1. The second-order valence-corrected chi connectivity index (χ2v) is 6.17. The van der Waals surface area contributed by atoms with Crippen molar-refractivity contribution in [3.8, 4) is 11.4 Å². The van der Waals surface area contributed by atoms with Crippen LogP contribution in [-0.4, -0.2) is 29.1 Å². The molecule has 1 fully saturated rings. The van der Waals surface area contributed by atoms with Crippen LogP contribution in [0.25, 0.3) is 5.69 Å². The van der Waals surface area contributed by atoms with Crippen LogP contribution in [0, 0.1) is 12.8 Å². The van der Waals surface area contributed by atoms with Gasteiger partial charge in [0.25, 0.3) is 5.91 Å². The number of hydrogen-bond acceptors (Lipinski definition) is 3. The molecule has 122 valence electrons. The summed E-state index contributed by atoms with van der Waals surface area (Å²) in [5.74, 6) is 1.26. The van der Waals surface area contributed by atoms with Gasteiger partial charge in [0.1, 0.15) is 5.75 Å². The van der Waals surface area contributed by atoms with E-state index in [4.69, 9.17) is 4.74 Å². The summed E-state index contributed by atoms with van der Waals surface area (Å²) in [6, 6.07) is 5.51. The zero-order valence-electron chi connectivity index (χ0n) is 13.7. The molecular formula is C18H23N3O2. The van der Waals surface area contributed by atoms with E-state index in [0.717, 1.165) is 17.9 Å². The minimum Gasteiger partial charge on any atom is -0.495 e. The van der Waals surface area contributed by atoms with Crippen LogP contribution in [0.5, 0.6) is 5.75 Å². The Balaban J connectivity index is 1.74. The molecule has 1 aliphatic carbocycles. The Bertz CT molecular complexity index is 687. The van der Waals surface area contributed by atoms with E-state index in [-0.39, 0.29) is 5.91 Å². The van der Waals surface area contributed by atoms with Crippen molar-refractivity contribution >= 4 is 5.91 Å². The fraction of sp³-hybridized carbons (Fsp3) is 0.444. The highest BCUT2D eigenvalue weighted by Crippen LogP contribution is 2.26. The number of nitrogens with zero attached hydrogens (tertiary/aromatic N) is 2. The number of hydrogen-bond donors (Lipinski definition) is 1. The summed E-state index contributed by atoms with van der Waals surface area (Å²) in [5.41, 5.74) is 2.44. The third-order valence-corrected chi connectivity index (χ3v) is 4.46. The number of amides is 1. The Hall–Kier alpha value is -2.30. The van der Waals surface area contributed by atoms with Gasteiger partial charge in [0.2, 0.25) is 0 Å². The standard InChI is InChI=1S/C18H23N3O2/c1-13-11-21(12-20-13)16-8-7-15(9-17(16)23-2)18(22)19-10-14-5-3-4-6-14/h7-9,11-12,14H,3-6,10H2,1-2H3,(H,19,22). The van der Waals surface area contributed by atoms with Gasteiger partial charge in [0.15, 0.2) is 0 Å². The predicted octanol–water partition coefficient (Wildman–Crippen LogP) is 3.11. The quantitative estimate of drug-likeness (QED) is 0.923. The molecule has 0 bridgehead atoms. The predicted molar refractivity (Wildman–Crippen MR) is 89.1 cm³/mol. The number of carbonyl (C=O) groups is 1. The molecule has 1 saturated carbocycles. The Morgan fingerprint density at radius 3 is 2.83 bits per heavy atom. The fourth-order valence-electron chi connectivity index (χ4n) is 3.14. The molecule has 5 heteroatoms. The first-order valence-electron chi connectivity index (χ1n) is 8.14. The van der Waals surface area contributed by atoms with Gasteiger partial charge >= 0.3 is 0 Å². The summed E-state index contributed by atoms with van der Waals surface area (Å²) < 4.78 is 7.35. The van der Waals surface area contributed by atoms with Crippen LogP contribution in [0.15, 0.2) is 30.7 Å². The van der Waals surface area contributed by atoms with Gasteiger partial charge in [-0.3, -0.25) is 4.79 Å². The highest BCUT2D eigenvalue weighted by atomic mass is 16.5. The fourth-order valence-corrected chi connectivity index (χ4v) is 3.14. The second-order valence-electron chi connectivity index (χ2n) is 6.17. The Morgan fingerprint density at radius 2 is 2.17 bits per heavy atom. The van der Waals surface area contributed by atoms with Crippen molar-refractivity contribution in [2.75, 3.05) is 13.7 Å². The van der Waals surface area contributed by atoms with Crippen molar-refractivity contribution in [1.82, 2.24) is 14.9 Å². The summed E-state index contributed by atoms with van der Waals surface area (Å²) >= 11 is 0. The van der Waals surface area contributed by atoms with Crippen molar-refractivity contribution in [1.29, 1.82) is 0 Å². The van der Waals surface area contributed by atoms with E-state index in [1.165, 1.54) is 25.7 Å². The van der Waals surface area contributed by atoms with Crippen LogP contribution in [0.2, 0.25) is 0 Å². The van der Waals surface area contributed by atoms with Crippen LogP contribution in [-0.2, 0) is 0 Å². The van der Waals surface area contributed by atoms with E-state index in [1.807, 2.05) is 29.8 Å². The molecule has 1 heterocycles. The molecule has 0 unspecified atom stereocenters. The molecule has 23 heavy (non-hydrogen) atoms. The zero-order chi connectivity index (χ0) is 16.2. The van der Waals surface area contributed by atoms with Crippen LogP contribution >= 0.6 is 0 Å². The van der Waals surface area contributed by atoms with Crippen molar-refractivity contribution < 1.29 is 9.53 Å². The normalized spacial score (nSPS) is 14.9. The highest BCUT2D eigenvalue weighted by molar-refractivity contribution is 5.95. The molecule has 5 nitrogen and oxygen atoms in total. The number of rotatable bonds is 5. The molecule has 1 N–H and O–H groups in total. The minimum atomic E-state index is -0.0384. The molecule has 1 aromatic heterocycles. The first kappa shape index (κ1) is 15.6. The Morgan fingerprint density at radius 1 is 1.39 bits per heavy atom. The zero-order valence-corrected chi connectivity index (χ0v) is 13.7. The van der Waals surface area contributed by atoms with Crippen LogP contribution in [0.3, 0.4) is 0 Å². The van der Waals surface area contributed by atoms with E-state index >= 15 is 0 Å². The number of imidazole rings is 1. The third kappa shape index (κ3) is 3.55. The number of methoxy groups -OCH3 is 1. The summed E-state index contributed by atoms with van der Waals surface area (Å²) in [6.07, 6.45) is 8.69. The van der Waals surface area contributed by atoms with E-state index in [0.29, 0.717) is 17.2 Å². The smallest absolute Gasteiger partial charge is 0.251 e. The molecule has 2 aromatic rings. The molecule has 1 aromatic carbocycles. The van der Waals surface area contributed by atoms with E-state index in [1.54, 1.807) is 19.5 Å². The van der Waals surface area contributed by atoms with Gasteiger partial charge in [0, 0.05) is 18.3 Å². The topological polar surface area (TPSA) is 56.1 Å². The lowest BCUT2D eigenvalue weighted by Gasteiger charge is -2.13. The second kappa shape index (κ2) is 6.86. The number of nitrogens with one attached hydrogen (secondary N) is 1. The third-order valence-electron chi connectivity index (χ3n) is 4.46. The van der Waals surface area contributed by atoms with Crippen molar-refractivity contribution in [2.45, 2.75) is 32.6 Å². The van der Waals surface area contributed by atoms with E-state index < -0.39 is 0 Å². The SMILES string of the molecule is COc1cc(C(=O)NCC2CCCC2)ccc1-n1cnc(C)c1. The molecular weight excluding hydrogens is 290 g/mol. The summed E-state index contributed by atoms with van der Waals surface area (Å²) in [4.78, 5) is 16.6. The first-order chi connectivity index (χ1) is 11.2. The van der Waals surface area contributed by atoms with Gasteiger partial charge in [-0.05, 0) is 43.9 Å². The average Bonchev–Trinajstić information content (AvgIpc) is 3.23. The van der Waals surface area contributed by atoms with Crippen molar-refractivity contribution in [2.24, 2.45) is 5.92 Å². The lowest BCUT2D eigenvalue weighted by Crippen LogP contribution is -2.28. The van der Waals surface area contributed by atoms with Gasteiger partial charge < -0.3 is 14.6 Å². The van der Waals surface area contributed by atoms with Crippen LogP contribution in [0.1, 0.15) is 41.7 Å². The average molecular weight is 313 g/mol. The molecule has 0 atom stereocenters. The largest absolute Gasteiger partial charge is 0.495 e. The summed E-state index contributed by atoms with van der Waals surface area (Å²) in [5, 5.41) is 3.04. The molecule has 0 spiro atoms. The molecule has 3 rings (SSSR count). The van der Waals surface area contributed by atoms with Gasteiger partial charge in [-0.1, -0.05) is 12.8 Å². The maximum Gasteiger partial charge on any atom is 0.251 e. The van der Waals surface area contributed by atoms with Crippen molar-refractivity contribution in [3.63, 3.8) is 0 Å². The first-order valence-corrected chi connectivity index (χ1v) is 8.14. The van der Waals surface area contributed by atoms with Gasteiger partial charge in [-0.2, -0.15) is 0 Å². The van der Waals surface area contributed by atoms with Crippen LogP contribution < -0.4 is 10.1 Å². The Labute approximate surface area is 136 Å². The minimum absolute atomic E-state index is 0.0384. The monoisotopic (exact) mass is 313 g/mol. The summed E-state index contributed by atoms with van der Waals surface area (Å²) in [7, 11) is 1.61. The maximum atomic E-state index is 12.3. The summed E-state index contributed by atoms with van der Waals surface area (Å²) in [6.45, 7) is 2.71. The molecule has 0 radical (unpaired) electrons. The highest BCUT2D eigenvalue weighted by Gasteiger charge is 2.17. The lowest BCUT2D eigenvalue weighted by atomic mass is 10.1. The number of ether oxygens (including phenoxy) is 1. The number of aromatic nitrogens is 2. The molecule has 0 aliphatic heterocycles. The van der Waals surface area contributed by atoms with Gasteiger partial charge in [-0.25, -0.2) is 4.98 Å². The Kier molecular flexibility index (Phi) is 4.65. The molecule has 1 amide bonds. The van der Waals surface area contributed by atoms with E-state index in [2.05, 4.69) is 10.3 Å². The number of carbonyl (C=O) groups excluding carboxylic acids is 1. The van der Waals surface area contributed by atoms with Gasteiger partial charge in [0.05, 0.1) is 24.8 Å². The van der Waals surface area contributed by atoms with Crippen molar-refractivity contribution in [3.05, 3.63) is 42.0 Å². The molecule has 0 saturated heterocycles. The van der Waals surface area contributed by atoms with Crippen LogP contribution in [0.4, 0.5) is 0 Å². The molecule has 1 aliphatic rings.